The standard InChI is InChI=1S/C16H14FN3O3S2/c1-2-15(21)19-16-18-12-8-7-10(9-13(12)24-16)20-25(22,23)14-6-4-3-5-11(14)17/h3-9,20H,2H2,1H3,(H,18,19,21). The number of benzene rings is 2. The third-order valence-corrected chi connectivity index (χ3v) is 5.68. The first-order valence-corrected chi connectivity index (χ1v) is 9.67. The molecule has 3 aromatic rings. The summed E-state index contributed by atoms with van der Waals surface area (Å²) in [6.07, 6.45) is 0.337. The molecule has 0 radical (unpaired) electrons. The van der Waals surface area contributed by atoms with Crippen LogP contribution < -0.4 is 10.0 Å². The van der Waals surface area contributed by atoms with Gasteiger partial charge in [0.15, 0.2) is 5.13 Å². The van der Waals surface area contributed by atoms with Gasteiger partial charge in [-0.2, -0.15) is 0 Å². The fourth-order valence-corrected chi connectivity index (χ4v) is 4.17. The molecule has 1 heterocycles. The first-order valence-electron chi connectivity index (χ1n) is 7.37. The van der Waals surface area contributed by atoms with Crippen molar-refractivity contribution in [3.8, 4) is 0 Å². The van der Waals surface area contributed by atoms with E-state index in [1.807, 2.05) is 0 Å². The Kier molecular flexibility index (Phi) is 4.69. The number of nitrogens with zero attached hydrogens (tertiary/aromatic N) is 1. The minimum absolute atomic E-state index is 0.153. The van der Waals surface area contributed by atoms with Crippen molar-refractivity contribution in [2.45, 2.75) is 18.2 Å². The lowest BCUT2D eigenvalue weighted by molar-refractivity contribution is -0.115. The maximum absolute atomic E-state index is 13.7. The summed E-state index contributed by atoms with van der Waals surface area (Å²) >= 11 is 1.23. The van der Waals surface area contributed by atoms with Crippen molar-refractivity contribution in [2.24, 2.45) is 0 Å². The molecule has 130 valence electrons. The molecule has 9 heteroatoms. The molecule has 0 aliphatic carbocycles. The third kappa shape index (κ3) is 3.77. The Morgan fingerprint density at radius 3 is 2.72 bits per heavy atom. The number of nitrogens with one attached hydrogen (secondary N) is 2. The van der Waals surface area contributed by atoms with Crippen LogP contribution in [0.4, 0.5) is 15.2 Å². The Hall–Kier alpha value is -2.52. The van der Waals surface area contributed by atoms with Crippen molar-refractivity contribution >= 4 is 48.3 Å². The molecule has 0 fully saturated rings. The lowest BCUT2D eigenvalue weighted by Gasteiger charge is -2.08. The van der Waals surface area contributed by atoms with Crippen LogP contribution in [0.15, 0.2) is 47.4 Å². The van der Waals surface area contributed by atoms with Crippen molar-refractivity contribution in [3.63, 3.8) is 0 Å². The van der Waals surface area contributed by atoms with Gasteiger partial charge in [0, 0.05) is 6.42 Å². The van der Waals surface area contributed by atoms with Gasteiger partial charge in [0.1, 0.15) is 10.7 Å². The normalized spacial score (nSPS) is 11.4. The molecule has 1 amide bonds. The summed E-state index contributed by atoms with van der Waals surface area (Å²) in [5.74, 6) is -0.974. The topological polar surface area (TPSA) is 88.2 Å². The molecule has 2 N–H and O–H groups in total. The van der Waals surface area contributed by atoms with Crippen LogP contribution in [0.5, 0.6) is 0 Å². The van der Waals surface area contributed by atoms with Crippen molar-refractivity contribution in [2.75, 3.05) is 10.0 Å². The molecule has 0 saturated heterocycles. The van der Waals surface area contributed by atoms with Crippen LogP contribution in [-0.2, 0) is 14.8 Å². The molecule has 2 aromatic carbocycles. The predicted molar refractivity (Wildman–Crippen MR) is 95.7 cm³/mol. The van der Waals surface area contributed by atoms with Gasteiger partial charge in [0.25, 0.3) is 10.0 Å². The Balaban J connectivity index is 1.89. The molecular formula is C16H14FN3O3S2. The SMILES string of the molecule is CCC(=O)Nc1nc2ccc(NS(=O)(=O)c3ccccc3F)cc2s1. The number of halogens is 1. The average Bonchev–Trinajstić information content (AvgIpc) is 2.96. The number of fused-ring (bicyclic) bond motifs is 1. The predicted octanol–water partition coefficient (Wildman–Crippen LogP) is 3.58. The number of sulfonamides is 1. The van der Waals surface area contributed by atoms with E-state index in [2.05, 4.69) is 15.0 Å². The first-order chi connectivity index (χ1) is 11.9. The molecule has 0 unspecified atom stereocenters. The number of rotatable bonds is 5. The summed E-state index contributed by atoms with van der Waals surface area (Å²) in [5.41, 5.74) is 0.915. The molecule has 0 aliphatic rings. The second-order valence-electron chi connectivity index (χ2n) is 5.14. The quantitative estimate of drug-likeness (QED) is 0.709. The van der Waals surface area contributed by atoms with Crippen molar-refractivity contribution < 1.29 is 17.6 Å². The summed E-state index contributed by atoms with van der Waals surface area (Å²) in [5, 5.41) is 3.10. The van der Waals surface area contributed by atoms with E-state index in [9.17, 15) is 17.6 Å². The number of hydrogen-bond acceptors (Lipinski definition) is 5. The number of carbonyl (C=O) groups is 1. The molecule has 25 heavy (non-hydrogen) atoms. The minimum Gasteiger partial charge on any atom is -0.302 e. The number of thiazole rings is 1. The van der Waals surface area contributed by atoms with Gasteiger partial charge in [-0.05, 0) is 30.3 Å². The highest BCUT2D eigenvalue weighted by atomic mass is 32.2. The zero-order valence-electron chi connectivity index (χ0n) is 13.1. The summed E-state index contributed by atoms with van der Waals surface area (Å²) in [4.78, 5) is 15.3. The Morgan fingerprint density at radius 2 is 2.00 bits per heavy atom. The Labute approximate surface area is 147 Å². The minimum atomic E-state index is -4.04. The van der Waals surface area contributed by atoms with E-state index in [-0.39, 0.29) is 11.6 Å². The number of hydrogen-bond donors (Lipinski definition) is 2. The maximum atomic E-state index is 13.7. The lowest BCUT2D eigenvalue weighted by atomic mass is 10.3. The fourth-order valence-electron chi connectivity index (χ4n) is 2.12. The van der Waals surface area contributed by atoms with Crippen LogP contribution in [0, 0.1) is 5.82 Å². The van der Waals surface area contributed by atoms with Crippen molar-refractivity contribution in [1.29, 1.82) is 0 Å². The molecular weight excluding hydrogens is 365 g/mol. The van der Waals surface area contributed by atoms with Gasteiger partial charge < -0.3 is 5.32 Å². The van der Waals surface area contributed by atoms with E-state index in [1.165, 1.54) is 35.6 Å². The lowest BCUT2D eigenvalue weighted by Crippen LogP contribution is -2.14. The van der Waals surface area contributed by atoms with Crippen LogP contribution in [-0.4, -0.2) is 19.3 Å². The van der Waals surface area contributed by atoms with Crippen molar-refractivity contribution in [1.82, 2.24) is 4.98 Å². The molecule has 0 bridgehead atoms. The molecule has 0 spiro atoms. The first kappa shape index (κ1) is 17.3. The van der Waals surface area contributed by atoms with Gasteiger partial charge in [0.2, 0.25) is 5.91 Å². The summed E-state index contributed by atoms with van der Waals surface area (Å²) in [6, 6.07) is 9.91. The smallest absolute Gasteiger partial charge is 0.264 e. The number of amides is 1. The van der Waals surface area contributed by atoms with E-state index in [0.717, 1.165) is 6.07 Å². The van der Waals surface area contributed by atoms with E-state index in [4.69, 9.17) is 0 Å². The largest absolute Gasteiger partial charge is 0.302 e. The van der Waals surface area contributed by atoms with E-state index < -0.39 is 20.7 Å². The second-order valence-corrected chi connectivity index (χ2v) is 7.82. The zero-order chi connectivity index (χ0) is 18.0. The number of carbonyl (C=O) groups excluding carboxylic acids is 1. The third-order valence-electron chi connectivity index (χ3n) is 3.33. The van der Waals surface area contributed by atoms with Gasteiger partial charge >= 0.3 is 0 Å². The van der Waals surface area contributed by atoms with Crippen LogP contribution in [0.1, 0.15) is 13.3 Å². The maximum Gasteiger partial charge on any atom is 0.264 e. The monoisotopic (exact) mass is 379 g/mol. The molecule has 6 nitrogen and oxygen atoms in total. The Bertz CT molecular complexity index is 1050. The van der Waals surface area contributed by atoms with Crippen LogP contribution in [0.3, 0.4) is 0 Å². The average molecular weight is 379 g/mol. The van der Waals surface area contributed by atoms with Gasteiger partial charge in [-0.3, -0.25) is 9.52 Å². The van der Waals surface area contributed by atoms with Crippen molar-refractivity contribution in [3.05, 3.63) is 48.3 Å². The molecule has 0 saturated carbocycles. The number of aromatic nitrogens is 1. The number of anilines is 2. The molecule has 3 rings (SSSR count). The van der Waals surface area contributed by atoms with Gasteiger partial charge in [-0.1, -0.05) is 30.4 Å². The van der Waals surface area contributed by atoms with Crippen LogP contribution >= 0.6 is 11.3 Å². The van der Waals surface area contributed by atoms with E-state index >= 15 is 0 Å². The molecule has 0 atom stereocenters. The Morgan fingerprint density at radius 1 is 1.24 bits per heavy atom. The summed E-state index contributed by atoms with van der Waals surface area (Å²) < 4.78 is 41.4. The second kappa shape index (κ2) is 6.77. The van der Waals surface area contributed by atoms with E-state index in [1.54, 1.807) is 19.1 Å². The fraction of sp³-hybridized carbons (Fsp3) is 0.125. The zero-order valence-corrected chi connectivity index (χ0v) is 14.7. The van der Waals surface area contributed by atoms with E-state index in [0.29, 0.717) is 21.8 Å². The highest BCUT2D eigenvalue weighted by molar-refractivity contribution is 7.92. The highest BCUT2D eigenvalue weighted by Crippen LogP contribution is 2.29. The van der Waals surface area contributed by atoms with Crippen LogP contribution in [0.25, 0.3) is 10.2 Å². The molecule has 0 aliphatic heterocycles. The van der Waals surface area contributed by atoms with Crippen LogP contribution in [0.2, 0.25) is 0 Å². The van der Waals surface area contributed by atoms with Gasteiger partial charge in [-0.25, -0.2) is 17.8 Å². The van der Waals surface area contributed by atoms with Gasteiger partial charge in [0.05, 0.1) is 15.9 Å². The molecule has 1 aromatic heterocycles. The summed E-state index contributed by atoms with van der Waals surface area (Å²) in [6.45, 7) is 1.73. The van der Waals surface area contributed by atoms with Gasteiger partial charge in [-0.15, -0.1) is 0 Å². The highest BCUT2D eigenvalue weighted by Gasteiger charge is 2.19. The summed E-state index contributed by atoms with van der Waals surface area (Å²) in [7, 11) is -4.04.